The maximum atomic E-state index is 11.7. The number of nitrogens with zero attached hydrogens (tertiary/aromatic N) is 2. The van der Waals surface area contributed by atoms with Gasteiger partial charge in [-0.1, -0.05) is 44.2 Å². The minimum absolute atomic E-state index is 0.0716. The Bertz CT molecular complexity index is 477. The molecule has 3 nitrogen and oxygen atoms in total. The lowest BCUT2D eigenvalue weighted by Gasteiger charge is -2.70. The monoisotopic (exact) mass is 258 g/mol. The molecule has 0 saturated carbocycles. The van der Waals surface area contributed by atoms with Crippen LogP contribution >= 0.6 is 0 Å². The van der Waals surface area contributed by atoms with Crippen molar-refractivity contribution >= 4 is 0 Å². The van der Waals surface area contributed by atoms with Gasteiger partial charge in [0.15, 0.2) is 0 Å². The van der Waals surface area contributed by atoms with Gasteiger partial charge in [0.05, 0.1) is 6.67 Å². The summed E-state index contributed by atoms with van der Waals surface area (Å²) in [6, 6.07) is 10.3. The van der Waals surface area contributed by atoms with Gasteiger partial charge in [-0.2, -0.15) is 0 Å². The number of piperidine rings is 2. The maximum Gasteiger partial charge on any atom is 0.105 e. The van der Waals surface area contributed by atoms with Crippen molar-refractivity contribution in [3.8, 4) is 0 Å². The van der Waals surface area contributed by atoms with Gasteiger partial charge in [-0.05, 0) is 5.56 Å². The minimum atomic E-state index is -0.714. The number of hydrogen-bond acceptors (Lipinski definition) is 3. The Balaban J connectivity index is 1.91. The first-order valence-corrected chi connectivity index (χ1v) is 7.20. The van der Waals surface area contributed by atoms with Crippen LogP contribution in [-0.4, -0.2) is 47.8 Å². The van der Waals surface area contributed by atoms with E-state index in [2.05, 4.69) is 35.8 Å². The first-order valence-electron chi connectivity index (χ1n) is 7.20. The van der Waals surface area contributed by atoms with E-state index in [1.165, 1.54) is 0 Å². The lowest BCUT2D eigenvalue weighted by atomic mass is 9.50. The van der Waals surface area contributed by atoms with E-state index in [0.717, 1.165) is 38.4 Å². The zero-order valence-corrected chi connectivity index (χ0v) is 11.8. The van der Waals surface area contributed by atoms with Crippen molar-refractivity contribution in [1.29, 1.82) is 0 Å². The molecule has 0 amide bonds. The summed E-state index contributed by atoms with van der Waals surface area (Å²) in [5.41, 5.74) is 0.242. The summed E-state index contributed by atoms with van der Waals surface area (Å²) in [5, 5.41) is 11.7. The lowest BCUT2D eigenvalue weighted by Crippen LogP contribution is -2.80. The summed E-state index contributed by atoms with van der Waals surface area (Å²) in [5.74, 6) is 0. The largest absolute Gasteiger partial charge is 0.384 e. The Morgan fingerprint density at radius 2 is 1.37 bits per heavy atom. The fourth-order valence-electron chi connectivity index (χ4n) is 5.23. The van der Waals surface area contributed by atoms with Crippen LogP contribution in [0.5, 0.6) is 0 Å². The van der Waals surface area contributed by atoms with E-state index in [9.17, 15) is 5.11 Å². The van der Waals surface area contributed by atoms with E-state index < -0.39 is 5.60 Å². The molecule has 1 N–H and O–H groups in total. The molecule has 5 rings (SSSR count). The highest BCUT2D eigenvalue weighted by molar-refractivity contribution is 5.33. The van der Waals surface area contributed by atoms with E-state index in [-0.39, 0.29) is 10.8 Å². The first kappa shape index (κ1) is 11.9. The molecule has 0 unspecified atom stereocenters. The van der Waals surface area contributed by atoms with Crippen LogP contribution in [0.2, 0.25) is 0 Å². The molecule has 4 fully saturated rings. The van der Waals surface area contributed by atoms with Gasteiger partial charge in [0.1, 0.15) is 5.60 Å². The van der Waals surface area contributed by atoms with Crippen LogP contribution in [0.25, 0.3) is 0 Å². The molecule has 3 heteroatoms. The molecule has 0 radical (unpaired) electrons. The molecule has 0 spiro atoms. The molecule has 0 atom stereocenters. The highest BCUT2D eigenvalue weighted by atomic mass is 16.3. The van der Waals surface area contributed by atoms with Crippen LogP contribution < -0.4 is 0 Å². The van der Waals surface area contributed by atoms with Gasteiger partial charge >= 0.3 is 0 Å². The summed E-state index contributed by atoms with van der Waals surface area (Å²) in [6.07, 6.45) is 0. The van der Waals surface area contributed by atoms with Gasteiger partial charge < -0.3 is 5.11 Å². The standard InChI is InChI=1S/C16H22N2O/c1-14-8-17-10-15(2,11-18(9-14)12-17)16(14,19)13-6-4-3-5-7-13/h3-7,19H,8-12H2,1-2H3. The summed E-state index contributed by atoms with van der Waals surface area (Å²) in [4.78, 5) is 5.01. The van der Waals surface area contributed by atoms with Crippen molar-refractivity contribution in [3.05, 3.63) is 35.9 Å². The van der Waals surface area contributed by atoms with Crippen LogP contribution in [0.15, 0.2) is 30.3 Å². The summed E-state index contributed by atoms with van der Waals surface area (Å²) in [6.45, 7) is 9.62. The zero-order valence-electron chi connectivity index (χ0n) is 11.8. The third kappa shape index (κ3) is 1.28. The molecule has 4 aliphatic rings. The molecule has 0 aromatic heterocycles. The van der Waals surface area contributed by atoms with Gasteiger partial charge in [0.25, 0.3) is 0 Å². The second-order valence-corrected chi connectivity index (χ2v) is 7.31. The molecule has 4 aliphatic heterocycles. The van der Waals surface area contributed by atoms with Crippen molar-refractivity contribution in [2.24, 2.45) is 10.8 Å². The number of hydrogen-bond donors (Lipinski definition) is 1. The molecule has 1 aromatic rings. The van der Waals surface area contributed by atoms with Gasteiger partial charge in [-0.25, -0.2) is 0 Å². The minimum Gasteiger partial charge on any atom is -0.384 e. The molecule has 4 bridgehead atoms. The summed E-state index contributed by atoms with van der Waals surface area (Å²) in [7, 11) is 0. The second kappa shape index (κ2) is 3.40. The zero-order chi connectivity index (χ0) is 13.3. The SMILES string of the molecule is CC12CN3CN(C1)CC(C)(C3)C2(O)c1ccccc1. The van der Waals surface area contributed by atoms with E-state index in [4.69, 9.17) is 0 Å². The van der Waals surface area contributed by atoms with Crippen LogP contribution in [0.3, 0.4) is 0 Å². The molecule has 1 aromatic carbocycles. The van der Waals surface area contributed by atoms with Crippen LogP contribution in [0, 0.1) is 10.8 Å². The number of rotatable bonds is 1. The Morgan fingerprint density at radius 3 is 1.84 bits per heavy atom. The lowest BCUT2D eigenvalue weighted by molar-refractivity contribution is -0.293. The third-order valence-corrected chi connectivity index (χ3v) is 5.63. The molecular formula is C16H22N2O. The molecule has 0 aliphatic carbocycles. The summed E-state index contributed by atoms with van der Waals surface area (Å²) < 4.78 is 0. The predicted octanol–water partition coefficient (Wildman–Crippen LogP) is 1.49. The second-order valence-electron chi connectivity index (χ2n) is 7.31. The molecule has 4 heterocycles. The Hall–Kier alpha value is -0.900. The highest BCUT2D eigenvalue weighted by Gasteiger charge is 2.68. The average molecular weight is 258 g/mol. The van der Waals surface area contributed by atoms with Crippen LogP contribution in [0.4, 0.5) is 0 Å². The molecule has 19 heavy (non-hydrogen) atoms. The third-order valence-electron chi connectivity index (χ3n) is 5.63. The summed E-state index contributed by atoms with van der Waals surface area (Å²) >= 11 is 0. The van der Waals surface area contributed by atoms with E-state index in [0.29, 0.717) is 0 Å². The Morgan fingerprint density at radius 1 is 0.895 bits per heavy atom. The smallest absolute Gasteiger partial charge is 0.105 e. The van der Waals surface area contributed by atoms with Crippen molar-refractivity contribution in [3.63, 3.8) is 0 Å². The topological polar surface area (TPSA) is 26.7 Å². The molecule has 102 valence electrons. The van der Waals surface area contributed by atoms with Gasteiger partial charge in [-0.3, -0.25) is 9.80 Å². The molecular weight excluding hydrogens is 236 g/mol. The van der Waals surface area contributed by atoms with Crippen molar-refractivity contribution in [1.82, 2.24) is 9.80 Å². The quantitative estimate of drug-likeness (QED) is 0.827. The van der Waals surface area contributed by atoms with E-state index in [1.54, 1.807) is 0 Å². The molecule has 4 saturated heterocycles. The number of aliphatic hydroxyl groups is 1. The van der Waals surface area contributed by atoms with Gasteiger partial charge in [-0.15, -0.1) is 0 Å². The van der Waals surface area contributed by atoms with Gasteiger partial charge in [0, 0.05) is 37.0 Å². The predicted molar refractivity (Wildman–Crippen MR) is 74.6 cm³/mol. The van der Waals surface area contributed by atoms with Crippen molar-refractivity contribution in [2.75, 3.05) is 32.8 Å². The highest BCUT2D eigenvalue weighted by Crippen LogP contribution is 2.60. The van der Waals surface area contributed by atoms with Crippen molar-refractivity contribution in [2.45, 2.75) is 19.4 Å². The first-order chi connectivity index (χ1) is 8.97. The fourth-order valence-corrected chi connectivity index (χ4v) is 5.23. The van der Waals surface area contributed by atoms with E-state index >= 15 is 0 Å². The number of benzene rings is 1. The average Bonchev–Trinajstić information content (AvgIpc) is 2.35. The maximum absolute atomic E-state index is 11.7. The normalized spacial score (nSPS) is 51.5. The van der Waals surface area contributed by atoms with Gasteiger partial charge in [0.2, 0.25) is 0 Å². The van der Waals surface area contributed by atoms with E-state index in [1.807, 2.05) is 18.2 Å². The Kier molecular flexibility index (Phi) is 2.13. The van der Waals surface area contributed by atoms with Crippen LogP contribution in [-0.2, 0) is 5.60 Å². The fraction of sp³-hybridized carbons (Fsp3) is 0.625. The van der Waals surface area contributed by atoms with Crippen molar-refractivity contribution < 1.29 is 5.11 Å². The van der Waals surface area contributed by atoms with Crippen LogP contribution in [0.1, 0.15) is 19.4 Å². The Labute approximate surface area is 114 Å².